The van der Waals surface area contributed by atoms with Crippen LogP contribution in [0.25, 0.3) is 33.9 Å². The molecular formula is C22H23F2N7O. The summed E-state index contributed by atoms with van der Waals surface area (Å²) in [6, 6.07) is 5.65. The molecule has 166 valence electrons. The van der Waals surface area contributed by atoms with Crippen molar-refractivity contribution in [3.05, 3.63) is 54.1 Å². The Morgan fingerprint density at radius 3 is 2.62 bits per heavy atom. The minimum Gasteiger partial charge on any atom is -0.491 e. The van der Waals surface area contributed by atoms with Crippen molar-refractivity contribution in [1.82, 2.24) is 34.8 Å². The van der Waals surface area contributed by atoms with Crippen LogP contribution in [0, 0.1) is 18.6 Å². The summed E-state index contributed by atoms with van der Waals surface area (Å²) in [4.78, 5) is 10.8. The molecule has 0 atom stereocenters. The molecular weight excluding hydrogens is 416 g/mol. The molecule has 0 fully saturated rings. The normalized spacial score (nSPS) is 11.3. The fourth-order valence-corrected chi connectivity index (χ4v) is 3.41. The number of halogens is 2. The standard InChI is InChI=1S/C22H23F2N7O/c1-13-20(28-29-27-13)14-5-6-25-17(9-14)21-22(31(4)12-26-21)19-16(24)10-15(23)11-18(19)32-8-7-30(2)3/h5-6,9-12H,7-8H2,1-4H3,(H,27,28,29). The van der Waals surface area contributed by atoms with E-state index in [1.807, 2.05) is 38.1 Å². The molecule has 0 bridgehead atoms. The molecule has 0 unspecified atom stereocenters. The lowest BCUT2D eigenvalue weighted by atomic mass is 10.0. The summed E-state index contributed by atoms with van der Waals surface area (Å²) in [5, 5.41) is 10.8. The lowest BCUT2D eigenvalue weighted by molar-refractivity contribution is 0.260. The lowest BCUT2D eigenvalue weighted by Crippen LogP contribution is -2.19. The van der Waals surface area contributed by atoms with E-state index < -0.39 is 11.6 Å². The van der Waals surface area contributed by atoms with Gasteiger partial charge in [-0.05, 0) is 33.2 Å². The quantitative estimate of drug-likeness (QED) is 0.475. The molecule has 3 aromatic heterocycles. The second-order valence-corrected chi connectivity index (χ2v) is 7.65. The number of ether oxygens (including phenoxy) is 1. The number of aromatic nitrogens is 6. The van der Waals surface area contributed by atoms with Crippen LogP contribution in [-0.4, -0.2) is 62.1 Å². The van der Waals surface area contributed by atoms with Crippen molar-refractivity contribution >= 4 is 0 Å². The number of rotatable bonds is 7. The molecule has 3 heterocycles. The maximum absolute atomic E-state index is 15.1. The maximum Gasteiger partial charge on any atom is 0.139 e. The summed E-state index contributed by atoms with van der Waals surface area (Å²) in [7, 11) is 5.53. The van der Waals surface area contributed by atoms with Crippen LogP contribution < -0.4 is 4.74 Å². The van der Waals surface area contributed by atoms with Gasteiger partial charge in [-0.25, -0.2) is 13.8 Å². The molecule has 1 aromatic carbocycles. The zero-order chi connectivity index (χ0) is 22.8. The number of hydrogen-bond acceptors (Lipinski definition) is 6. The van der Waals surface area contributed by atoms with E-state index in [0.29, 0.717) is 29.3 Å². The highest BCUT2D eigenvalue weighted by atomic mass is 19.1. The Labute approximate surface area is 183 Å². The number of aryl methyl sites for hydroxylation is 2. The van der Waals surface area contributed by atoms with Crippen LogP contribution in [-0.2, 0) is 7.05 Å². The Morgan fingerprint density at radius 2 is 1.91 bits per heavy atom. The third-order valence-corrected chi connectivity index (χ3v) is 4.99. The first-order chi connectivity index (χ1) is 15.3. The summed E-state index contributed by atoms with van der Waals surface area (Å²) in [5.41, 5.74) is 3.74. The van der Waals surface area contributed by atoms with Crippen LogP contribution in [0.15, 0.2) is 36.8 Å². The van der Waals surface area contributed by atoms with Gasteiger partial charge in [0.2, 0.25) is 0 Å². The molecule has 32 heavy (non-hydrogen) atoms. The number of benzene rings is 1. The van der Waals surface area contributed by atoms with Gasteiger partial charge in [-0.3, -0.25) is 4.98 Å². The molecule has 0 aliphatic carbocycles. The van der Waals surface area contributed by atoms with Gasteiger partial charge in [0.25, 0.3) is 0 Å². The van der Waals surface area contributed by atoms with Gasteiger partial charge >= 0.3 is 0 Å². The van der Waals surface area contributed by atoms with E-state index in [1.54, 1.807) is 24.1 Å². The van der Waals surface area contributed by atoms with Gasteiger partial charge in [-0.1, -0.05) is 0 Å². The summed E-state index contributed by atoms with van der Waals surface area (Å²) in [5.74, 6) is -1.34. The smallest absolute Gasteiger partial charge is 0.139 e. The first kappa shape index (κ1) is 21.6. The molecule has 0 aliphatic heterocycles. The Balaban J connectivity index is 1.82. The molecule has 4 aromatic rings. The van der Waals surface area contributed by atoms with Gasteiger partial charge in [-0.2, -0.15) is 15.4 Å². The largest absolute Gasteiger partial charge is 0.491 e. The van der Waals surface area contributed by atoms with E-state index in [0.717, 1.165) is 17.3 Å². The second-order valence-electron chi connectivity index (χ2n) is 7.65. The third kappa shape index (κ3) is 4.22. The van der Waals surface area contributed by atoms with Gasteiger partial charge in [-0.15, -0.1) is 0 Å². The zero-order valence-corrected chi connectivity index (χ0v) is 18.2. The van der Waals surface area contributed by atoms with Crippen LogP contribution in [0.2, 0.25) is 0 Å². The Morgan fingerprint density at radius 1 is 1.09 bits per heavy atom. The average molecular weight is 439 g/mol. The van der Waals surface area contributed by atoms with Crippen LogP contribution in [0.1, 0.15) is 5.69 Å². The number of nitrogens with zero attached hydrogens (tertiary/aromatic N) is 6. The molecule has 0 saturated heterocycles. The predicted molar refractivity (Wildman–Crippen MR) is 116 cm³/mol. The number of imidazole rings is 1. The fraction of sp³-hybridized carbons (Fsp3) is 0.273. The van der Waals surface area contributed by atoms with Crippen molar-refractivity contribution in [3.8, 4) is 39.7 Å². The minimum atomic E-state index is -0.738. The topological polar surface area (TPSA) is 84.8 Å². The van der Waals surface area contributed by atoms with Gasteiger partial charge in [0.05, 0.1) is 29.0 Å². The fourth-order valence-electron chi connectivity index (χ4n) is 3.41. The van der Waals surface area contributed by atoms with Crippen LogP contribution in [0.5, 0.6) is 5.75 Å². The van der Waals surface area contributed by atoms with E-state index in [4.69, 9.17) is 4.74 Å². The number of nitrogens with one attached hydrogen (secondary N) is 1. The highest BCUT2D eigenvalue weighted by Crippen LogP contribution is 2.39. The molecule has 10 heteroatoms. The van der Waals surface area contributed by atoms with Gasteiger partial charge in [0.1, 0.15) is 35.4 Å². The summed E-state index contributed by atoms with van der Waals surface area (Å²) < 4.78 is 36.5. The Bertz CT molecular complexity index is 1250. The second kappa shape index (κ2) is 8.83. The van der Waals surface area contributed by atoms with Gasteiger partial charge < -0.3 is 14.2 Å². The number of H-pyrrole nitrogens is 1. The van der Waals surface area contributed by atoms with Crippen LogP contribution in [0.4, 0.5) is 8.78 Å². The summed E-state index contributed by atoms with van der Waals surface area (Å²) in [6.07, 6.45) is 3.19. The molecule has 0 radical (unpaired) electrons. The van der Waals surface area contributed by atoms with Crippen molar-refractivity contribution in [2.75, 3.05) is 27.2 Å². The predicted octanol–water partition coefficient (Wildman–Crippen LogP) is 3.46. The van der Waals surface area contributed by atoms with E-state index in [1.165, 1.54) is 6.07 Å². The third-order valence-electron chi connectivity index (χ3n) is 4.99. The molecule has 0 spiro atoms. The molecule has 0 aliphatic rings. The number of aromatic amines is 1. The number of pyridine rings is 1. The molecule has 1 N–H and O–H groups in total. The van der Waals surface area contributed by atoms with E-state index in [9.17, 15) is 4.39 Å². The van der Waals surface area contributed by atoms with Gasteiger partial charge in [0, 0.05) is 37.5 Å². The van der Waals surface area contributed by atoms with Crippen molar-refractivity contribution in [2.24, 2.45) is 7.05 Å². The number of hydrogen-bond donors (Lipinski definition) is 1. The minimum absolute atomic E-state index is 0.109. The van der Waals surface area contributed by atoms with Crippen molar-refractivity contribution in [2.45, 2.75) is 6.92 Å². The first-order valence-electron chi connectivity index (χ1n) is 9.97. The summed E-state index contributed by atoms with van der Waals surface area (Å²) >= 11 is 0. The average Bonchev–Trinajstić information content (AvgIpc) is 3.33. The van der Waals surface area contributed by atoms with E-state index in [-0.39, 0.29) is 17.9 Å². The van der Waals surface area contributed by atoms with Crippen molar-refractivity contribution < 1.29 is 13.5 Å². The monoisotopic (exact) mass is 439 g/mol. The van der Waals surface area contributed by atoms with Crippen LogP contribution >= 0.6 is 0 Å². The highest BCUT2D eigenvalue weighted by molar-refractivity contribution is 5.82. The molecule has 8 nitrogen and oxygen atoms in total. The molecule has 0 amide bonds. The first-order valence-corrected chi connectivity index (χ1v) is 9.97. The highest BCUT2D eigenvalue weighted by Gasteiger charge is 2.23. The Hall–Kier alpha value is -3.66. The van der Waals surface area contributed by atoms with Crippen molar-refractivity contribution in [3.63, 3.8) is 0 Å². The number of likely N-dealkylation sites (N-methyl/N-ethyl adjacent to an activating group) is 1. The van der Waals surface area contributed by atoms with Gasteiger partial charge in [0.15, 0.2) is 0 Å². The molecule has 0 saturated carbocycles. The maximum atomic E-state index is 15.1. The lowest BCUT2D eigenvalue weighted by Gasteiger charge is -2.16. The van der Waals surface area contributed by atoms with E-state index in [2.05, 4.69) is 25.4 Å². The molecule has 4 rings (SSSR count). The zero-order valence-electron chi connectivity index (χ0n) is 18.2. The Kier molecular flexibility index (Phi) is 5.95. The SMILES string of the molecule is Cc1n[nH]nc1-c1ccnc(-c2ncn(C)c2-c2c(F)cc(F)cc2OCCN(C)C)c1. The van der Waals surface area contributed by atoms with Crippen LogP contribution in [0.3, 0.4) is 0 Å². The van der Waals surface area contributed by atoms with Crippen molar-refractivity contribution in [1.29, 1.82) is 0 Å². The van der Waals surface area contributed by atoms with E-state index >= 15 is 4.39 Å². The summed E-state index contributed by atoms with van der Waals surface area (Å²) in [6.45, 7) is 2.71.